The van der Waals surface area contributed by atoms with Gasteiger partial charge in [0, 0.05) is 17.7 Å². The van der Waals surface area contributed by atoms with Gasteiger partial charge in [0.05, 0.1) is 42.2 Å². The molecule has 2 aromatic rings. The minimum absolute atomic E-state index is 0.0379. The van der Waals surface area contributed by atoms with Gasteiger partial charge in [-0.3, -0.25) is 19.1 Å². The molecule has 2 aliphatic carbocycles. The van der Waals surface area contributed by atoms with E-state index in [1.165, 1.54) is 38.4 Å². The number of hydrogen-bond acceptors (Lipinski definition) is 11. The topological polar surface area (TPSA) is 192 Å². The number of ether oxygens (including phenoxy) is 4. The zero-order valence-corrected chi connectivity index (χ0v) is 34.3. The quantitative estimate of drug-likeness (QED) is 0.237. The van der Waals surface area contributed by atoms with Crippen molar-refractivity contribution in [1.29, 1.82) is 0 Å². The van der Waals surface area contributed by atoms with Gasteiger partial charge in [-0.25, -0.2) is 22.6 Å². The largest absolute Gasteiger partial charge is 0.494 e. The first kappa shape index (κ1) is 43.8. The second-order valence-corrected chi connectivity index (χ2v) is 18.6. The molecule has 3 heterocycles. The highest BCUT2D eigenvalue weighted by atomic mass is 32.2. The average Bonchev–Trinajstić information content (AvgIpc) is 4.03. The second-order valence-electron chi connectivity index (χ2n) is 16.4. The number of aromatic nitrogens is 1. The van der Waals surface area contributed by atoms with E-state index < -0.39 is 98.0 Å². The van der Waals surface area contributed by atoms with Crippen LogP contribution in [0.3, 0.4) is 0 Å². The number of sulfonamides is 1. The van der Waals surface area contributed by atoms with Crippen LogP contribution in [-0.4, -0.2) is 108 Å². The molecule has 7 atom stereocenters. The number of alkyl carbamates (subject to hydrolysis) is 1. The molecule has 4 aliphatic rings. The Hall–Kier alpha value is -4.72. The third kappa shape index (κ3) is 8.93. The van der Waals surface area contributed by atoms with E-state index >= 15 is 0 Å². The van der Waals surface area contributed by atoms with Crippen LogP contribution < -0.4 is 24.8 Å². The number of rotatable bonds is 9. The molecule has 1 saturated heterocycles. The minimum Gasteiger partial charge on any atom is -0.494 e. The summed E-state index contributed by atoms with van der Waals surface area (Å²) < 4.78 is 106. The number of methoxy groups -OCH3 is 1. The first-order valence-corrected chi connectivity index (χ1v) is 20.9. The van der Waals surface area contributed by atoms with Crippen LogP contribution in [0.5, 0.6) is 11.6 Å². The Morgan fingerprint density at radius 3 is 2.51 bits per heavy atom. The SMILES string of the molecule is CCC1OC(C)CCC=CC2CC2(C(=O)NS(=O)(=O)C2(C)CC2)NC(=O)C2CC(Oc3ncc(OC)c4ccc(F)cc34)CN2C(=O)C1NC(=O)OC(C)(C)C(F)(F)F. The minimum atomic E-state index is -4.97. The molecule has 1 aromatic heterocycles. The van der Waals surface area contributed by atoms with Crippen LogP contribution in [0.1, 0.15) is 79.6 Å². The molecule has 59 heavy (non-hydrogen) atoms. The lowest BCUT2D eigenvalue weighted by Crippen LogP contribution is -2.61. The first-order valence-electron chi connectivity index (χ1n) is 19.4. The number of alkyl halides is 3. The Bertz CT molecular complexity index is 2130. The lowest BCUT2D eigenvalue weighted by atomic mass is 10.0. The Balaban J connectivity index is 1.38. The Morgan fingerprint density at radius 1 is 1.15 bits per heavy atom. The molecule has 2 saturated carbocycles. The van der Waals surface area contributed by atoms with Gasteiger partial charge in [-0.2, -0.15) is 13.2 Å². The number of carbonyl (C=O) groups is 4. The molecule has 7 unspecified atom stereocenters. The molecule has 1 aromatic carbocycles. The van der Waals surface area contributed by atoms with Crippen LogP contribution in [0.15, 0.2) is 36.5 Å². The monoisotopic (exact) mass is 855 g/mol. The molecular weight excluding hydrogens is 807 g/mol. The zero-order valence-electron chi connectivity index (χ0n) is 33.5. The normalized spacial score (nSPS) is 28.6. The lowest BCUT2D eigenvalue weighted by molar-refractivity contribution is -0.244. The third-order valence-corrected chi connectivity index (χ3v) is 13.7. The van der Waals surface area contributed by atoms with Crippen molar-refractivity contribution in [3.05, 3.63) is 42.4 Å². The van der Waals surface area contributed by atoms with Crippen LogP contribution in [0.2, 0.25) is 0 Å². The van der Waals surface area contributed by atoms with Crippen LogP contribution in [0.25, 0.3) is 10.8 Å². The number of hydrogen-bond donors (Lipinski definition) is 3. The summed E-state index contributed by atoms with van der Waals surface area (Å²) in [4.78, 5) is 61.7. The number of nitrogens with one attached hydrogen (secondary N) is 3. The zero-order chi connectivity index (χ0) is 43.3. The fraction of sp³-hybridized carbons (Fsp3) is 0.615. The molecular formula is C39H49F4N5O10S. The van der Waals surface area contributed by atoms with E-state index in [1.807, 2.05) is 0 Å². The third-order valence-electron chi connectivity index (χ3n) is 11.6. The van der Waals surface area contributed by atoms with Gasteiger partial charge in [-0.15, -0.1) is 0 Å². The summed E-state index contributed by atoms with van der Waals surface area (Å²) in [5.74, 6) is -3.77. The van der Waals surface area contributed by atoms with Gasteiger partial charge in [-0.1, -0.05) is 19.1 Å². The summed E-state index contributed by atoms with van der Waals surface area (Å²) in [6, 6.07) is 0.701. The van der Waals surface area contributed by atoms with Crippen molar-refractivity contribution in [3.8, 4) is 11.6 Å². The maximum atomic E-state index is 14.8. The van der Waals surface area contributed by atoms with Crippen molar-refractivity contribution in [2.24, 2.45) is 5.92 Å². The molecule has 3 N–H and O–H groups in total. The van der Waals surface area contributed by atoms with Gasteiger partial charge in [0.25, 0.3) is 5.91 Å². The molecule has 324 valence electrons. The molecule has 3 fully saturated rings. The summed E-state index contributed by atoms with van der Waals surface area (Å²) >= 11 is 0. The summed E-state index contributed by atoms with van der Waals surface area (Å²) in [5, 5.41) is 5.65. The fourth-order valence-corrected chi connectivity index (χ4v) is 8.64. The summed E-state index contributed by atoms with van der Waals surface area (Å²) in [6.07, 6.45) is -3.12. The number of halogens is 4. The average molecular weight is 856 g/mol. The molecule has 0 radical (unpaired) electrons. The number of benzene rings is 1. The molecule has 6 rings (SSSR count). The summed E-state index contributed by atoms with van der Waals surface area (Å²) in [7, 11) is -2.72. The highest BCUT2D eigenvalue weighted by Gasteiger charge is 2.63. The molecule has 0 bridgehead atoms. The van der Waals surface area contributed by atoms with E-state index in [0.29, 0.717) is 50.7 Å². The van der Waals surface area contributed by atoms with Crippen LogP contribution in [0.4, 0.5) is 22.4 Å². The predicted molar refractivity (Wildman–Crippen MR) is 203 cm³/mol. The van der Waals surface area contributed by atoms with E-state index in [0.717, 1.165) is 4.90 Å². The van der Waals surface area contributed by atoms with Crippen molar-refractivity contribution in [3.63, 3.8) is 0 Å². The summed E-state index contributed by atoms with van der Waals surface area (Å²) in [5.41, 5.74) is -4.67. The molecule has 15 nitrogen and oxygen atoms in total. The van der Waals surface area contributed by atoms with Crippen molar-refractivity contribution < 1.29 is 64.1 Å². The second kappa shape index (κ2) is 16.0. The maximum absolute atomic E-state index is 14.8. The van der Waals surface area contributed by atoms with Gasteiger partial charge in [0.15, 0.2) is 0 Å². The smallest absolute Gasteiger partial charge is 0.427 e. The number of fused-ring (bicyclic) bond motifs is 3. The number of allylic oxidation sites excluding steroid dienone is 1. The number of pyridine rings is 1. The molecule has 0 spiro atoms. The highest BCUT2D eigenvalue weighted by Crippen LogP contribution is 2.48. The van der Waals surface area contributed by atoms with E-state index in [2.05, 4.69) is 20.3 Å². The van der Waals surface area contributed by atoms with Crippen LogP contribution >= 0.6 is 0 Å². The van der Waals surface area contributed by atoms with Gasteiger partial charge in [0.1, 0.15) is 35.3 Å². The first-order chi connectivity index (χ1) is 27.5. The Labute approximate surface area is 339 Å². The van der Waals surface area contributed by atoms with Gasteiger partial charge >= 0.3 is 12.3 Å². The van der Waals surface area contributed by atoms with E-state index in [9.17, 15) is 45.2 Å². The highest BCUT2D eigenvalue weighted by molar-refractivity contribution is 7.91. The van der Waals surface area contributed by atoms with Crippen molar-refractivity contribution in [1.82, 2.24) is 25.2 Å². The maximum Gasteiger partial charge on any atom is 0.427 e. The molecule has 4 amide bonds. The number of amides is 4. The standard InChI is InChI=1S/C39H49F4N5O10S/c1-7-28-30(45-35(52)58-36(3,4)39(41,42)43)33(50)48-20-24(57-32-26-16-23(40)12-13-25(26)29(55-6)19-44-32)17-27(48)31(49)46-38(18-22(38)11-9-8-10-21(2)56-28)34(51)47-59(53,54)37(5)14-15-37/h9,11-13,16,19,21-22,24,27-28,30H,7-8,10,14-15,17-18,20H2,1-6H3,(H,45,52)(H,46,49)(H,47,51). The van der Waals surface area contributed by atoms with E-state index in [-0.39, 0.29) is 37.1 Å². The van der Waals surface area contributed by atoms with Crippen molar-refractivity contribution >= 4 is 44.6 Å². The van der Waals surface area contributed by atoms with Gasteiger partial charge in [0.2, 0.25) is 33.3 Å². The Morgan fingerprint density at radius 2 is 1.86 bits per heavy atom. The fourth-order valence-electron chi connectivity index (χ4n) is 7.33. The van der Waals surface area contributed by atoms with Gasteiger partial charge < -0.3 is 34.5 Å². The number of carbonyl (C=O) groups excluding carboxylic acids is 4. The molecule has 20 heteroatoms. The van der Waals surface area contributed by atoms with Crippen molar-refractivity contribution in [2.75, 3.05) is 13.7 Å². The van der Waals surface area contributed by atoms with E-state index in [4.69, 9.17) is 18.9 Å². The van der Waals surface area contributed by atoms with Crippen LogP contribution in [0, 0.1) is 11.7 Å². The number of nitrogens with zero attached hydrogens (tertiary/aromatic N) is 2. The van der Waals surface area contributed by atoms with E-state index in [1.54, 1.807) is 26.0 Å². The Kier molecular flexibility index (Phi) is 11.9. The predicted octanol–water partition coefficient (Wildman–Crippen LogP) is 4.57. The molecule has 2 aliphatic heterocycles. The lowest BCUT2D eigenvalue weighted by Gasteiger charge is -2.35. The van der Waals surface area contributed by atoms with Gasteiger partial charge in [-0.05, 0) is 84.4 Å². The van der Waals surface area contributed by atoms with Crippen molar-refractivity contribution in [2.45, 2.75) is 132 Å². The summed E-state index contributed by atoms with van der Waals surface area (Å²) in [6.45, 7) is 5.80. The van der Waals surface area contributed by atoms with Crippen LogP contribution in [-0.2, 0) is 33.9 Å².